The van der Waals surface area contributed by atoms with Gasteiger partial charge in [-0.25, -0.2) is 0 Å². The fourth-order valence-corrected chi connectivity index (χ4v) is 9.30. The second kappa shape index (κ2) is 8.69. The van der Waals surface area contributed by atoms with Crippen LogP contribution in [0.3, 0.4) is 0 Å². The highest BCUT2D eigenvalue weighted by Gasteiger charge is 2.46. The first-order chi connectivity index (χ1) is 10.3. The van der Waals surface area contributed by atoms with Crippen molar-refractivity contribution in [3.8, 4) is 0 Å². The number of rotatable bonds is 8. The molecule has 1 nitrogen and oxygen atoms in total. The van der Waals surface area contributed by atoms with E-state index >= 15 is 0 Å². The normalized spacial score (nSPS) is 14.5. The Kier molecular flexibility index (Phi) is 7.57. The summed E-state index contributed by atoms with van der Waals surface area (Å²) in [5.74, 6) is 0. The lowest BCUT2D eigenvalue weighted by Gasteiger charge is -2.44. The second-order valence-electron chi connectivity index (χ2n) is 7.15. The lowest BCUT2D eigenvalue weighted by molar-refractivity contribution is 0.213. The molecule has 0 heterocycles. The standard InChI is InChI=1S/C20H34OSi/c1-8-20(15-14-19-12-10-9-11-13-19)21-22(16(2)3,17(4)5)18(6)7/h9-18,20H,8H2,1-7H3/b15-14+. The molecule has 0 fully saturated rings. The molecule has 22 heavy (non-hydrogen) atoms. The van der Waals surface area contributed by atoms with Crippen molar-refractivity contribution in [2.24, 2.45) is 0 Å². The van der Waals surface area contributed by atoms with Gasteiger partial charge in [0, 0.05) is 0 Å². The van der Waals surface area contributed by atoms with Crippen molar-refractivity contribution in [3.05, 3.63) is 42.0 Å². The largest absolute Gasteiger partial charge is 0.410 e. The predicted molar refractivity (Wildman–Crippen MR) is 102 cm³/mol. The van der Waals surface area contributed by atoms with E-state index in [2.05, 4.69) is 91.0 Å². The van der Waals surface area contributed by atoms with E-state index in [1.165, 1.54) is 5.56 Å². The Labute approximate surface area is 138 Å². The predicted octanol–water partition coefficient (Wildman–Crippen LogP) is 6.67. The smallest absolute Gasteiger partial charge is 0.201 e. The molecule has 0 N–H and O–H groups in total. The molecule has 0 aliphatic carbocycles. The maximum absolute atomic E-state index is 6.85. The van der Waals surface area contributed by atoms with Crippen LogP contribution in [0.25, 0.3) is 6.08 Å². The molecular weight excluding hydrogens is 284 g/mol. The van der Waals surface area contributed by atoms with Gasteiger partial charge in [0.25, 0.3) is 0 Å². The van der Waals surface area contributed by atoms with Crippen LogP contribution in [-0.2, 0) is 4.43 Å². The number of hydrogen-bond donors (Lipinski definition) is 0. The number of benzene rings is 1. The molecule has 0 radical (unpaired) electrons. The summed E-state index contributed by atoms with van der Waals surface area (Å²) < 4.78 is 6.85. The van der Waals surface area contributed by atoms with Gasteiger partial charge in [0.2, 0.25) is 8.32 Å². The maximum atomic E-state index is 6.85. The molecule has 1 rings (SSSR count). The highest BCUT2D eigenvalue weighted by atomic mass is 28.4. The summed E-state index contributed by atoms with van der Waals surface area (Å²) in [5, 5.41) is 0. The van der Waals surface area contributed by atoms with E-state index in [0.29, 0.717) is 16.6 Å². The van der Waals surface area contributed by atoms with Crippen molar-refractivity contribution in [2.75, 3.05) is 0 Å². The molecule has 0 amide bonds. The third-order valence-corrected chi connectivity index (χ3v) is 10.9. The summed E-state index contributed by atoms with van der Waals surface area (Å²) in [4.78, 5) is 0. The third-order valence-electron chi connectivity index (χ3n) is 4.77. The third kappa shape index (κ3) is 4.56. The lowest BCUT2D eigenvalue weighted by Crippen LogP contribution is -2.49. The fourth-order valence-electron chi connectivity index (χ4n) is 3.71. The Hall–Kier alpha value is -0.863. The monoisotopic (exact) mass is 318 g/mol. The van der Waals surface area contributed by atoms with Crippen molar-refractivity contribution in [1.82, 2.24) is 0 Å². The topological polar surface area (TPSA) is 9.23 Å². The van der Waals surface area contributed by atoms with Gasteiger partial charge in [-0.15, -0.1) is 0 Å². The van der Waals surface area contributed by atoms with E-state index in [-0.39, 0.29) is 6.10 Å². The average molecular weight is 319 g/mol. The molecule has 1 unspecified atom stereocenters. The summed E-state index contributed by atoms with van der Waals surface area (Å²) in [6.07, 6.45) is 5.71. The van der Waals surface area contributed by atoms with Gasteiger partial charge in [-0.3, -0.25) is 0 Å². The Morgan fingerprint density at radius 2 is 1.41 bits per heavy atom. The minimum atomic E-state index is -1.80. The van der Waals surface area contributed by atoms with E-state index in [0.717, 1.165) is 6.42 Å². The molecule has 1 atom stereocenters. The Balaban J connectivity index is 2.96. The van der Waals surface area contributed by atoms with Gasteiger partial charge in [0.15, 0.2) is 0 Å². The van der Waals surface area contributed by atoms with E-state index in [1.54, 1.807) is 0 Å². The Morgan fingerprint density at radius 1 is 0.909 bits per heavy atom. The summed E-state index contributed by atoms with van der Waals surface area (Å²) in [7, 11) is -1.80. The maximum Gasteiger partial charge on any atom is 0.201 e. The minimum absolute atomic E-state index is 0.221. The molecule has 1 aromatic rings. The first-order valence-electron chi connectivity index (χ1n) is 8.75. The van der Waals surface area contributed by atoms with Crippen LogP contribution < -0.4 is 0 Å². The van der Waals surface area contributed by atoms with Gasteiger partial charge in [0.05, 0.1) is 6.10 Å². The first-order valence-corrected chi connectivity index (χ1v) is 10.9. The van der Waals surface area contributed by atoms with Crippen LogP contribution in [0.5, 0.6) is 0 Å². The van der Waals surface area contributed by atoms with Gasteiger partial charge in [-0.05, 0) is 28.6 Å². The van der Waals surface area contributed by atoms with E-state index in [4.69, 9.17) is 4.43 Å². The fraction of sp³-hybridized carbons (Fsp3) is 0.600. The second-order valence-corrected chi connectivity index (χ2v) is 12.6. The average Bonchev–Trinajstić information content (AvgIpc) is 2.47. The molecule has 0 aromatic heterocycles. The SMILES string of the molecule is CCC(/C=C/c1ccccc1)O[Si](C(C)C)(C(C)C)C(C)C. The molecule has 1 aromatic carbocycles. The highest BCUT2D eigenvalue weighted by molar-refractivity contribution is 6.77. The van der Waals surface area contributed by atoms with Gasteiger partial charge >= 0.3 is 0 Å². The van der Waals surface area contributed by atoms with Crippen molar-refractivity contribution in [2.45, 2.75) is 77.6 Å². The van der Waals surface area contributed by atoms with Gasteiger partial charge in [0.1, 0.15) is 0 Å². The van der Waals surface area contributed by atoms with Crippen molar-refractivity contribution in [3.63, 3.8) is 0 Å². The lowest BCUT2D eigenvalue weighted by atomic mass is 10.2. The van der Waals surface area contributed by atoms with Crippen LogP contribution in [0.2, 0.25) is 16.6 Å². The van der Waals surface area contributed by atoms with Crippen LogP contribution in [0, 0.1) is 0 Å². The molecular formula is C20H34OSi. The van der Waals surface area contributed by atoms with Crippen molar-refractivity contribution in [1.29, 1.82) is 0 Å². The molecule has 0 saturated carbocycles. The molecule has 0 spiro atoms. The van der Waals surface area contributed by atoms with E-state index in [1.807, 2.05) is 0 Å². The minimum Gasteiger partial charge on any atom is -0.410 e. The number of hydrogen-bond acceptors (Lipinski definition) is 1. The van der Waals surface area contributed by atoms with Gasteiger partial charge < -0.3 is 4.43 Å². The van der Waals surface area contributed by atoms with Crippen molar-refractivity contribution >= 4 is 14.4 Å². The summed E-state index contributed by atoms with van der Waals surface area (Å²) >= 11 is 0. The van der Waals surface area contributed by atoms with Crippen LogP contribution in [-0.4, -0.2) is 14.4 Å². The Bertz CT molecular complexity index is 426. The van der Waals surface area contributed by atoms with Crippen LogP contribution in [0.1, 0.15) is 60.5 Å². The molecule has 0 bridgehead atoms. The zero-order valence-electron chi connectivity index (χ0n) is 15.5. The summed E-state index contributed by atoms with van der Waals surface area (Å²) in [6, 6.07) is 10.5. The quantitative estimate of drug-likeness (QED) is 0.486. The molecule has 0 saturated heterocycles. The zero-order chi connectivity index (χ0) is 16.8. The van der Waals surface area contributed by atoms with Gasteiger partial charge in [-0.1, -0.05) is 91.0 Å². The first kappa shape index (κ1) is 19.2. The summed E-state index contributed by atoms with van der Waals surface area (Å²) in [6.45, 7) is 16.3. The molecule has 2 heteroatoms. The zero-order valence-corrected chi connectivity index (χ0v) is 16.5. The molecule has 124 valence electrons. The van der Waals surface area contributed by atoms with E-state index < -0.39 is 8.32 Å². The molecule has 0 aliphatic rings. The van der Waals surface area contributed by atoms with E-state index in [9.17, 15) is 0 Å². The van der Waals surface area contributed by atoms with Crippen molar-refractivity contribution < 1.29 is 4.43 Å². The summed E-state index contributed by atoms with van der Waals surface area (Å²) in [5.41, 5.74) is 3.14. The van der Waals surface area contributed by atoms with Crippen LogP contribution in [0.15, 0.2) is 36.4 Å². The van der Waals surface area contributed by atoms with Gasteiger partial charge in [-0.2, -0.15) is 0 Å². The van der Waals surface area contributed by atoms with Crippen LogP contribution in [0.4, 0.5) is 0 Å². The highest BCUT2D eigenvalue weighted by Crippen LogP contribution is 2.43. The van der Waals surface area contributed by atoms with Crippen LogP contribution >= 0.6 is 0 Å². The Morgan fingerprint density at radius 3 is 1.82 bits per heavy atom. The molecule has 0 aliphatic heterocycles.